The van der Waals surface area contributed by atoms with Crippen molar-refractivity contribution in [1.29, 1.82) is 0 Å². The lowest BCUT2D eigenvalue weighted by Gasteiger charge is -2.36. The van der Waals surface area contributed by atoms with Gasteiger partial charge in [0.2, 0.25) is 0 Å². The molecule has 0 aromatic carbocycles. The molecule has 1 N–H and O–H groups in total. The first kappa shape index (κ1) is 19.6. The monoisotopic (exact) mass is 450 g/mol. The summed E-state index contributed by atoms with van der Waals surface area (Å²) in [6.07, 6.45) is 5.47. The molecule has 1 heterocycles. The summed E-state index contributed by atoms with van der Waals surface area (Å²) in [4.78, 5) is 20.2. The average molecular weight is 450 g/mol. The van der Waals surface area contributed by atoms with Gasteiger partial charge in [-0.15, -0.1) is 24.0 Å². The normalized spacial score (nSPS) is 21.5. The highest BCUT2D eigenvalue weighted by molar-refractivity contribution is 14.0. The molecule has 1 amide bonds. The van der Waals surface area contributed by atoms with E-state index in [4.69, 9.17) is 4.74 Å². The van der Waals surface area contributed by atoms with Crippen molar-refractivity contribution >= 4 is 36.0 Å². The number of carbonyl (C=O) groups excluding carboxylic acids is 1. The number of guanidine groups is 1. The number of hydrogen-bond acceptors (Lipinski definition) is 3. The van der Waals surface area contributed by atoms with Crippen LogP contribution in [0.1, 0.15) is 32.6 Å². The van der Waals surface area contributed by atoms with Crippen LogP contribution in [0.3, 0.4) is 0 Å². The molecule has 24 heavy (non-hydrogen) atoms. The van der Waals surface area contributed by atoms with Gasteiger partial charge in [0.05, 0.1) is 6.61 Å². The van der Waals surface area contributed by atoms with Crippen LogP contribution < -0.4 is 5.32 Å². The van der Waals surface area contributed by atoms with Gasteiger partial charge in [0, 0.05) is 39.8 Å². The Morgan fingerprint density at radius 1 is 1.12 bits per heavy atom. The molecular formula is C17H31IN4O2. The molecule has 6 nitrogen and oxygen atoms in total. The molecule has 138 valence electrons. The summed E-state index contributed by atoms with van der Waals surface area (Å²) in [7, 11) is 1.85. The first-order valence-electron chi connectivity index (χ1n) is 9.10. The summed E-state index contributed by atoms with van der Waals surface area (Å²) < 4.78 is 5.07. The number of hydrogen-bond donors (Lipinski definition) is 1. The lowest BCUT2D eigenvalue weighted by molar-refractivity contribution is 0.0914. The maximum absolute atomic E-state index is 11.8. The molecule has 2 aliphatic carbocycles. The van der Waals surface area contributed by atoms with Crippen LogP contribution in [0.4, 0.5) is 4.79 Å². The highest BCUT2D eigenvalue weighted by atomic mass is 127. The maximum atomic E-state index is 11.8. The van der Waals surface area contributed by atoms with E-state index in [1.807, 2.05) is 14.0 Å². The Morgan fingerprint density at radius 3 is 2.12 bits per heavy atom. The Bertz CT molecular complexity index is 432. The molecule has 0 unspecified atom stereocenters. The van der Waals surface area contributed by atoms with Gasteiger partial charge in [-0.25, -0.2) is 4.79 Å². The number of aliphatic imine (C=N–C) groups is 1. The molecule has 0 spiro atoms. The van der Waals surface area contributed by atoms with Crippen LogP contribution in [0.5, 0.6) is 0 Å². The Kier molecular flexibility index (Phi) is 7.43. The molecule has 0 bridgehead atoms. The van der Waals surface area contributed by atoms with Gasteiger partial charge in [-0.05, 0) is 50.4 Å². The Balaban J connectivity index is 0.00000208. The van der Waals surface area contributed by atoms with Crippen LogP contribution >= 0.6 is 24.0 Å². The van der Waals surface area contributed by atoms with Gasteiger partial charge in [-0.3, -0.25) is 4.99 Å². The van der Waals surface area contributed by atoms with E-state index in [2.05, 4.69) is 15.2 Å². The highest BCUT2D eigenvalue weighted by Crippen LogP contribution is 2.48. The van der Waals surface area contributed by atoms with Crippen LogP contribution in [0.25, 0.3) is 0 Å². The molecule has 3 aliphatic rings. The Hall–Kier alpha value is -0.730. The van der Waals surface area contributed by atoms with Crippen molar-refractivity contribution in [2.75, 3.05) is 46.4 Å². The van der Waals surface area contributed by atoms with E-state index in [1.165, 1.54) is 25.7 Å². The van der Waals surface area contributed by atoms with Crippen LogP contribution in [-0.2, 0) is 4.74 Å². The van der Waals surface area contributed by atoms with Gasteiger partial charge < -0.3 is 19.9 Å². The first-order valence-corrected chi connectivity index (χ1v) is 9.10. The number of ether oxygens (including phenoxy) is 1. The van der Waals surface area contributed by atoms with Crippen molar-refractivity contribution in [2.24, 2.45) is 22.7 Å². The molecule has 2 saturated carbocycles. The maximum Gasteiger partial charge on any atom is 0.409 e. The standard InChI is InChI=1S/C17H30N4O2.HI/c1-3-23-17(22)21-10-8-20(9-11-21)16(18-2)19-12-15(13-4-5-13)14-6-7-14;/h13-15H,3-12H2,1-2H3,(H,18,19);1H. The molecule has 0 aromatic heterocycles. The quantitative estimate of drug-likeness (QED) is 0.397. The van der Waals surface area contributed by atoms with Crippen LogP contribution in [0.15, 0.2) is 4.99 Å². The third kappa shape index (κ3) is 5.13. The predicted octanol–water partition coefficient (Wildman–Crippen LogP) is 2.39. The van der Waals surface area contributed by atoms with E-state index >= 15 is 0 Å². The van der Waals surface area contributed by atoms with E-state index in [0.717, 1.165) is 43.3 Å². The molecule has 3 fully saturated rings. The summed E-state index contributed by atoms with van der Waals surface area (Å²) in [5, 5.41) is 3.59. The fourth-order valence-corrected chi connectivity index (χ4v) is 3.62. The number of amides is 1. The first-order chi connectivity index (χ1) is 11.2. The molecule has 1 aliphatic heterocycles. The van der Waals surface area contributed by atoms with Crippen molar-refractivity contribution < 1.29 is 9.53 Å². The zero-order valence-corrected chi connectivity index (χ0v) is 17.2. The molecule has 0 atom stereocenters. The third-order valence-corrected chi connectivity index (χ3v) is 5.27. The third-order valence-electron chi connectivity index (χ3n) is 5.27. The van der Waals surface area contributed by atoms with Crippen molar-refractivity contribution in [3.8, 4) is 0 Å². The van der Waals surface area contributed by atoms with Gasteiger partial charge in [-0.1, -0.05) is 0 Å². The van der Waals surface area contributed by atoms with Crippen molar-refractivity contribution in [3.05, 3.63) is 0 Å². The Morgan fingerprint density at radius 2 is 1.67 bits per heavy atom. The minimum atomic E-state index is -0.197. The molecule has 1 saturated heterocycles. The van der Waals surface area contributed by atoms with Gasteiger partial charge in [0.1, 0.15) is 0 Å². The lowest BCUT2D eigenvalue weighted by Crippen LogP contribution is -2.54. The minimum absolute atomic E-state index is 0. The van der Waals surface area contributed by atoms with Gasteiger partial charge in [0.25, 0.3) is 0 Å². The summed E-state index contributed by atoms with van der Waals surface area (Å²) in [5.41, 5.74) is 0. The number of nitrogens with one attached hydrogen (secondary N) is 1. The fourth-order valence-electron chi connectivity index (χ4n) is 3.62. The highest BCUT2D eigenvalue weighted by Gasteiger charge is 2.41. The van der Waals surface area contributed by atoms with Crippen molar-refractivity contribution in [3.63, 3.8) is 0 Å². The van der Waals surface area contributed by atoms with Crippen molar-refractivity contribution in [2.45, 2.75) is 32.6 Å². The average Bonchev–Trinajstić information content (AvgIpc) is 3.46. The molecule has 7 heteroatoms. The number of piperazine rings is 1. The topological polar surface area (TPSA) is 57.2 Å². The van der Waals surface area contributed by atoms with Crippen LogP contribution in [0, 0.1) is 17.8 Å². The Labute approximate surface area is 162 Å². The van der Waals surface area contributed by atoms with Gasteiger partial charge >= 0.3 is 6.09 Å². The summed E-state index contributed by atoms with van der Waals surface area (Å²) >= 11 is 0. The number of carbonyl (C=O) groups is 1. The zero-order chi connectivity index (χ0) is 16.2. The van der Waals surface area contributed by atoms with E-state index in [-0.39, 0.29) is 30.1 Å². The van der Waals surface area contributed by atoms with E-state index in [1.54, 1.807) is 4.90 Å². The second kappa shape index (κ2) is 9.10. The number of nitrogens with zero attached hydrogens (tertiary/aromatic N) is 3. The molecular weight excluding hydrogens is 419 g/mol. The van der Waals surface area contributed by atoms with Crippen LogP contribution in [-0.4, -0.2) is 68.2 Å². The second-order valence-electron chi connectivity index (χ2n) is 6.94. The smallest absolute Gasteiger partial charge is 0.409 e. The summed E-state index contributed by atoms with van der Waals surface area (Å²) in [5.74, 6) is 3.73. The zero-order valence-electron chi connectivity index (χ0n) is 14.9. The van der Waals surface area contributed by atoms with Gasteiger partial charge in [-0.2, -0.15) is 0 Å². The summed E-state index contributed by atoms with van der Waals surface area (Å²) in [6, 6.07) is 0. The van der Waals surface area contributed by atoms with Crippen molar-refractivity contribution in [1.82, 2.24) is 15.1 Å². The molecule has 0 radical (unpaired) electrons. The minimum Gasteiger partial charge on any atom is -0.450 e. The molecule has 3 rings (SSSR count). The van der Waals surface area contributed by atoms with E-state index in [9.17, 15) is 4.79 Å². The van der Waals surface area contributed by atoms with Crippen LogP contribution in [0.2, 0.25) is 0 Å². The largest absolute Gasteiger partial charge is 0.450 e. The summed E-state index contributed by atoms with van der Waals surface area (Å²) in [6.45, 7) is 6.37. The second-order valence-corrected chi connectivity index (χ2v) is 6.94. The van der Waals surface area contributed by atoms with E-state index in [0.29, 0.717) is 19.7 Å². The molecule has 0 aromatic rings. The van der Waals surface area contributed by atoms with Gasteiger partial charge in [0.15, 0.2) is 5.96 Å². The number of halogens is 1. The lowest BCUT2D eigenvalue weighted by atomic mass is 9.98. The van der Waals surface area contributed by atoms with E-state index < -0.39 is 0 Å². The predicted molar refractivity (Wildman–Crippen MR) is 106 cm³/mol. The fraction of sp³-hybridized carbons (Fsp3) is 0.882. The SMILES string of the molecule is CCOC(=O)N1CCN(C(=NC)NCC(C2CC2)C2CC2)CC1.I. The number of rotatable bonds is 5.